The lowest BCUT2D eigenvalue weighted by Crippen LogP contribution is -2.51. The van der Waals surface area contributed by atoms with Crippen LogP contribution in [0.5, 0.6) is 0 Å². The molecule has 1 N–H and O–H groups in total. The van der Waals surface area contributed by atoms with Crippen molar-refractivity contribution in [1.29, 1.82) is 0 Å². The predicted octanol–water partition coefficient (Wildman–Crippen LogP) is 2.22. The van der Waals surface area contributed by atoms with Crippen LogP contribution in [0.25, 0.3) is 0 Å². The molecule has 1 aliphatic carbocycles. The first kappa shape index (κ1) is 12.5. The highest BCUT2D eigenvalue weighted by molar-refractivity contribution is 5.73. The van der Waals surface area contributed by atoms with Crippen LogP contribution in [-0.4, -0.2) is 35.1 Å². The molecule has 0 saturated heterocycles. The van der Waals surface area contributed by atoms with E-state index in [-0.39, 0.29) is 6.04 Å². The Bertz CT molecular complexity index is 222. The second-order valence-corrected chi connectivity index (χ2v) is 5.06. The Morgan fingerprint density at radius 1 is 1.47 bits per heavy atom. The third kappa shape index (κ3) is 2.71. The molecule has 0 aromatic carbocycles. The molecule has 0 aliphatic heterocycles. The summed E-state index contributed by atoms with van der Waals surface area (Å²) in [6.45, 7) is 6.43. The van der Waals surface area contributed by atoms with E-state index in [4.69, 9.17) is 5.11 Å². The normalized spacial score (nSPS) is 27.9. The Balaban J connectivity index is 2.42. The maximum absolute atomic E-state index is 11.0. The van der Waals surface area contributed by atoms with Crippen molar-refractivity contribution in [3.8, 4) is 0 Å². The minimum atomic E-state index is -0.687. The predicted molar refractivity (Wildman–Crippen MR) is 60.8 cm³/mol. The summed E-state index contributed by atoms with van der Waals surface area (Å²) in [5.41, 5.74) is 0. The van der Waals surface area contributed by atoms with Crippen LogP contribution in [0, 0.1) is 11.8 Å². The number of hydrogen-bond acceptors (Lipinski definition) is 2. The van der Waals surface area contributed by atoms with E-state index in [1.165, 1.54) is 0 Å². The van der Waals surface area contributed by atoms with Crippen molar-refractivity contribution in [2.24, 2.45) is 11.8 Å². The summed E-state index contributed by atoms with van der Waals surface area (Å²) in [6, 6.07) is 0.182. The summed E-state index contributed by atoms with van der Waals surface area (Å²) >= 11 is 0. The number of likely N-dealkylation sites (N-methyl/N-ethyl adjacent to an activating group) is 1. The first-order valence-electron chi connectivity index (χ1n) is 5.92. The second-order valence-electron chi connectivity index (χ2n) is 5.06. The number of carboxylic acid groups (broad SMARTS) is 1. The zero-order chi connectivity index (χ0) is 11.6. The van der Waals surface area contributed by atoms with Crippen LogP contribution in [-0.2, 0) is 4.79 Å². The number of nitrogens with zero attached hydrogens (tertiary/aromatic N) is 1. The van der Waals surface area contributed by atoms with Gasteiger partial charge in [0.1, 0.15) is 6.04 Å². The van der Waals surface area contributed by atoms with E-state index >= 15 is 0 Å². The van der Waals surface area contributed by atoms with E-state index in [1.807, 2.05) is 18.9 Å². The molecule has 0 bridgehead atoms. The smallest absolute Gasteiger partial charge is 0.320 e. The van der Waals surface area contributed by atoms with Crippen LogP contribution >= 0.6 is 0 Å². The number of aliphatic carboxylic acids is 1. The number of rotatable bonds is 5. The largest absolute Gasteiger partial charge is 0.480 e. The molecule has 1 unspecified atom stereocenters. The fraction of sp³-hybridized carbons (Fsp3) is 0.917. The molecule has 0 aromatic heterocycles. The van der Waals surface area contributed by atoms with E-state index in [2.05, 4.69) is 13.8 Å². The Morgan fingerprint density at radius 2 is 2.00 bits per heavy atom. The lowest BCUT2D eigenvalue weighted by atomic mass is 9.73. The first-order chi connectivity index (χ1) is 6.97. The second kappa shape index (κ2) is 4.97. The van der Waals surface area contributed by atoms with E-state index in [0.717, 1.165) is 24.7 Å². The van der Waals surface area contributed by atoms with Crippen molar-refractivity contribution in [2.75, 3.05) is 7.05 Å². The van der Waals surface area contributed by atoms with Gasteiger partial charge in [-0.15, -0.1) is 0 Å². The highest BCUT2D eigenvalue weighted by atomic mass is 16.4. The molecule has 1 atom stereocenters. The highest BCUT2D eigenvalue weighted by Gasteiger charge is 2.37. The Labute approximate surface area is 92.5 Å². The molecule has 0 spiro atoms. The molecule has 88 valence electrons. The number of carboxylic acids is 1. The minimum absolute atomic E-state index is 0.303. The molecule has 0 amide bonds. The van der Waals surface area contributed by atoms with Gasteiger partial charge in [0, 0.05) is 6.04 Å². The van der Waals surface area contributed by atoms with Gasteiger partial charge in [-0.2, -0.15) is 0 Å². The molecule has 15 heavy (non-hydrogen) atoms. The topological polar surface area (TPSA) is 40.5 Å². The summed E-state index contributed by atoms with van der Waals surface area (Å²) in [5, 5.41) is 9.05. The Kier molecular flexibility index (Phi) is 4.14. The molecule has 1 aliphatic rings. The van der Waals surface area contributed by atoms with Crippen LogP contribution in [0.15, 0.2) is 0 Å². The molecule has 0 radical (unpaired) electrons. The van der Waals surface area contributed by atoms with Gasteiger partial charge in [0.25, 0.3) is 0 Å². The summed E-state index contributed by atoms with van der Waals surface area (Å²) in [5.74, 6) is 0.844. The highest BCUT2D eigenvalue weighted by Crippen LogP contribution is 2.37. The average Bonchev–Trinajstić information content (AvgIpc) is 2.00. The van der Waals surface area contributed by atoms with Gasteiger partial charge >= 0.3 is 5.97 Å². The minimum Gasteiger partial charge on any atom is -0.480 e. The summed E-state index contributed by atoms with van der Waals surface area (Å²) < 4.78 is 0. The van der Waals surface area contributed by atoms with E-state index in [1.54, 1.807) is 0 Å². The summed E-state index contributed by atoms with van der Waals surface area (Å²) in [6.07, 6.45) is 3.02. The van der Waals surface area contributed by atoms with Gasteiger partial charge in [-0.3, -0.25) is 9.69 Å². The van der Waals surface area contributed by atoms with Crippen molar-refractivity contribution in [2.45, 2.75) is 52.1 Å². The molecular formula is C12H23NO2. The lowest BCUT2D eigenvalue weighted by Gasteiger charge is -2.45. The fourth-order valence-electron chi connectivity index (χ4n) is 2.40. The van der Waals surface area contributed by atoms with Gasteiger partial charge in [0.2, 0.25) is 0 Å². The van der Waals surface area contributed by atoms with Crippen LogP contribution < -0.4 is 0 Å². The van der Waals surface area contributed by atoms with Crippen molar-refractivity contribution >= 4 is 5.97 Å². The maximum atomic E-state index is 11.0. The van der Waals surface area contributed by atoms with Gasteiger partial charge in [-0.1, -0.05) is 20.8 Å². The van der Waals surface area contributed by atoms with Gasteiger partial charge in [0.05, 0.1) is 0 Å². The monoisotopic (exact) mass is 213 g/mol. The van der Waals surface area contributed by atoms with Crippen molar-refractivity contribution < 1.29 is 9.90 Å². The van der Waals surface area contributed by atoms with Crippen LogP contribution in [0.2, 0.25) is 0 Å². The van der Waals surface area contributed by atoms with Crippen LogP contribution in [0.3, 0.4) is 0 Å². The fourth-order valence-corrected chi connectivity index (χ4v) is 2.40. The summed E-state index contributed by atoms with van der Waals surface area (Å²) in [4.78, 5) is 13.0. The van der Waals surface area contributed by atoms with Crippen LogP contribution in [0.4, 0.5) is 0 Å². The number of hydrogen-bond donors (Lipinski definition) is 1. The van der Waals surface area contributed by atoms with E-state index in [0.29, 0.717) is 12.5 Å². The molecule has 3 heteroatoms. The average molecular weight is 213 g/mol. The molecule has 0 heterocycles. The van der Waals surface area contributed by atoms with Crippen LogP contribution in [0.1, 0.15) is 40.0 Å². The third-order valence-corrected chi connectivity index (χ3v) is 3.83. The zero-order valence-corrected chi connectivity index (χ0v) is 10.2. The van der Waals surface area contributed by atoms with Crippen molar-refractivity contribution in [3.63, 3.8) is 0 Å². The van der Waals surface area contributed by atoms with Gasteiger partial charge in [-0.05, 0) is 38.1 Å². The lowest BCUT2D eigenvalue weighted by molar-refractivity contribution is -0.145. The molecule has 1 fully saturated rings. The maximum Gasteiger partial charge on any atom is 0.320 e. The standard InChI is InChI=1S/C12H23NO2/c1-5-11(12(14)15)13(4)10-6-9(7-10)8(2)3/h8-11H,5-7H2,1-4H3,(H,14,15). The SMILES string of the molecule is CCC(C(=O)O)N(C)C1CC(C(C)C)C1. The molecule has 3 nitrogen and oxygen atoms in total. The summed E-state index contributed by atoms with van der Waals surface area (Å²) in [7, 11) is 1.95. The first-order valence-corrected chi connectivity index (χ1v) is 5.92. The molecule has 1 saturated carbocycles. The van der Waals surface area contributed by atoms with Gasteiger partial charge < -0.3 is 5.11 Å². The van der Waals surface area contributed by atoms with E-state index < -0.39 is 5.97 Å². The van der Waals surface area contributed by atoms with E-state index in [9.17, 15) is 4.79 Å². The zero-order valence-electron chi connectivity index (χ0n) is 10.2. The Morgan fingerprint density at radius 3 is 2.33 bits per heavy atom. The third-order valence-electron chi connectivity index (χ3n) is 3.83. The Hall–Kier alpha value is -0.570. The quantitative estimate of drug-likeness (QED) is 0.761. The van der Waals surface area contributed by atoms with Crippen molar-refractivity contribution in [3.05, 3.63) is 0 Å². The molecule has 1 rings (SSSR count). The van der Waals surface area contributed by atoms with Gasteiger partial charge in [-0.25, -0.2) is 0 Å². The van der Waals surface area contributed by atoms with Gasteiger partial charge in [0.15, 0.2) is 0 Å². The van der Waals surface area contributed by atoms with Crippen molar-refractivity contribution in [1.82, 2.24) is 4.90 Å². The molecular weight excluding hydrogens is 190 g/mol. The molecule has 0 aromatic rings. The number of carbonyl (C=O) groups is 1.